The first kappa shape index (κ1) is 21.0. The van der Waals surface area contributed by atoms with Crippen molar-refractivity contribution in [3.05, 3.63) is 6.92 Å². The van der Waals surface area contributed by atoms with Gasteiger partial charge in [0, 0.05) is 13.2 Å². The Kier molecular flexibility index (Phi) is 18.0. The smallest absolute Gasteiger partial charge is 0.0466 e. The van der Waals surface area contributed by atoms with Crippen LogP contribution in [0.1, 0.15) is 104 Å². The molecule has 0 atom stereocenters. The van der Waals surface area contributed by atoms with Crippen LogP contribution in [0.2, 0.25) is 0 Å². The van der Waals surface area contributed by atoms with Gasteiger partial charge in [-0.25, -0.2) is 0 Å². The molecule has 0 N–H and O–H groups in total. The Labute approximate surface area is 135 Å². The lowest BCUT2D eigenvalue weighted by molar-refractivity contribution is 0.134. The molecule has 0 heterocycles. The fourth-order valence-electron chi connectivity index (χ4n) is 2.73. The lowest BCUT2D eigenvalue weighted by atomic mass is 10.0. The Hall–Kier alpha value is -0.0400. The summed E-state index contributed by atoms with van der Waals surface area (Å²) in [5.74, 6) is 0.889. The van der Waals surface area contributed by atoms with E-state index in [0.29, 0.717) is 0 Å². The average molecular weight is 298 g/mol. The van der Waals surface area contributed by atoms with Gasteiger partial charge in [-0.1, -0.05) is 97.8 Å². The van der Waals surface area contributed by atoms with Crippen molar-refractivity contribution in [3.63, 3.8) is 0 Å². The number of unbranched alkanes of at least 4 members (excludes halogenated alkanes) is 11. The molecule has 1 nitrogen and oxygen atoms in total. The van der Waals surface area contributed by atoms with Crippen LogP contribution in [0.25, 0.3) is 0 Å². The number of ether oxygens (including phenoxy) is 1. The summed E-state index contributed by atoms with van der Waals surface area (Å²) in [6.45, 7) is 10.2. The maximum Gasteiger partial charge on any atom is 0.0466 e. The minimum atomic E-state index is 0.831. The molecule has 0 unspecified atom stereocenters. The van der Waals surface area contributed by atoms with Crippen molar-refractivity contribution in [2.24, 2.45) is 5.92 Å². The van der Waals surface area contributed by atoms with Crippen LogP contribution < -0.4 is 0 Å². The molecule has 0 fully saturated rings. The van der Waals surface area contributed by atoms with E-state index in [-0.39, 0.29) is 0 Å². The fourth-order valence-corrected chi connectivity index (χ4v) is 2.73. The maximum absolute atomic E-state index is 5.43. The predicted octanol–water partition coefficient (Wildman–Crippen LogP) is 6.95. The molecule has 0 bridgehead atoms. The average Bonchev–Trinajstić information content (AvgIpc) is 2.46. The van der Waals surface area contributed by atoms with Gasteiger partial charge in [0.15, 0.2) is 0 Å². The summed E-state index contributed by atoms with van der Waals surface area (Å²) >= 11 is 0. The number of rotatable bonds is 17. The van der Waals surface area contributed by atoms with Crippen LogP contribution in [0.5, 0.6) is 0 Å². The quantitative estimate of drug-likeness (QED) is 0.264. The normalized spacial score (nSPS) is 11.4. The van der Waals surface area contributed by atoms with Gasteiger partial charge < -0.3 is 4.74 Å². The van der Waals surface area contributed by atoms with E-state index in [1.54, 1.807) is 0 Å². The molecule has 0 aliphatic carbocycles. The van der Waals surface area contributed by atoms with E-state index < -0.39 is 0 Å². The summed E-state index contributed by atoms with van der Waals surface area (Å²) in [6, 6.07) is 0. The molecule has 1 radical (unpaired) electrons. The fraction of sp³-hybridized carbons (Fsp3) is 0.950. The van der Waals surface area contributed by atoms with Gasteiger partial charge in [-0.05, 0) is 18.8 Å². The van der Waals surface area contributed by atoms with Crippen molar-refractivity contribution < 1.29 is 4.74 Å². The van der Waals surface area contributed by atoms with Gasteiger partial charge in [-0.3, -0.25) is 0 Å². The van der Waals surface area contributed by atoms with E-state index in [2.05, 4.69) is 20.8 Å². The summed E-state index contributed by atoms with van der Waals surface area (Å²) in [6.07, 6.45) is 19.3. The molecule has 1 heteroatoms. The van der Waals surface area contributed by atoms with Gasteiger partial charge in [0.2, 0.25) is 0 Å². The predicted molar refractivity (Wildman–Crippen MR) is 95.7 cm³/mol. The summed E-state index contributed by atoms with van der Waals surface area (Å²) in [5.41, 5.74) is 0. The molecular formula is C20H41O. The molecule has 0 aromatic rings. The van der Waals surface area contributed by atoms with Crippen LogP contribution in [0, 0.1) is 12.8 Å². The third-order valence-electron chi connectivity index (χ3n) is 4.11. The third kappa shape index (κ3) is 20.0. The highest BCUT2D eigenvalue weighted by Crippen LogP contribution is 2.14. The molecule has 0 saturated carbocycles. The van der Waals surface area contributed by atoms with Gasteiger partial charge in [0.25, 0.3) is 0 Å². The van der Waals surface area contributed by atoms with E-state index in [4.69, 9.17) is 4.74 Å². The van der Waals surface area contributed by atoms with Crippen LogP contribution in [-0.4, -0.2) is 13.2 Å². The van der Waals surface area contributed by atoms with Crippen molar-refractivity contribution in [2.45, 2.75) is 104 Å². The largest absolute Gasteiger partial charge is 0.381 e. The molecule has 0 saturated heterocycles. The molecular weight excluding hydrogens is 256 g/mol. The summed E-state index contributed by atoms with van der Waals surface area (Å²) in [5, 5.41) is 0. The zero-order valence-corrected chi connectivity index (χ0v) is 15.0. The van der Waals surface area contributed by atoms with Crippen molar-refractivity contribution in [1.29, 1.82) is 0 Å². The topological polar surface area (TPSA) is 9.23 Å². The molecule has 127 valence electrons. The second-order valence-corrected chi connectivity index (χ2v) is 6.89. The van der Waals surface area contributed by atoms with Gasteiger partial charge in [0.1, 0.15) is 0 Å². The molecule has 0 aliphatic heterocycles. The summed E-state index contributed by atoms with van der Waals surface area (Å²) in [4.78, 5) is 0. The van der Waals surface area contributed by atoms with E-state index in [9.17, 15) is 0 Å². The van der Waals surface area contributed by atoms with Gasteiger partial charge >= 0.3 is 0 Å². The highest BCUT2D eigenvalue weighted by Gasteiger charge is 1.96. The van der Waals surface area contributed by atoms with Crippen molar-refractivity contribution in [1.82, 2.24) is 0 Å². The van der Waals surface area contributed by atoms with Crippen LogP contribution >= 0.6 is 0 Å². The molecule has 0 amide bonds. The van der Waals surface area contributed by atoms with Crippen LogP contribution in [0.4, 0.5) is 0 Å². The summed E-state index contributed by atoms with van der Waals surface area (Å²) in [7, 11) is 0. The maximum atomic E-state index is 5.43. The van der Waals surface area contributed by atoms with Crippen molar-refractivity contribution >= 4 is 0 Å². The SMILES string of the molecule is [CH2]CCOCCCCCCCCCCCCCCC(C)C. The van der Waals surface area contributed by atoms with E-state index >= 15 is 0 Å². The Bertz CT molecular complexity index is 177. The Balaban J connectivity index is 2.93. The minimum Gasteiger partial charge on any atom is -0.381 e. The molecule has 0 aliphatic rings. The first-order chi connectivity index (χ1) is 10.3. The van der Waals surface area contributed by atoms with E-state index in [1.165, 1.54) is 83.5 Å². The lowest BCUT2D eigenvalue weighted by Crippen LogP contribution is -1.95. The standard InChI is InChI=1S/C20H41O/c1-4-18-21-19-16-14-12-10-8-6-5-7-9-11-13-15-17-20(2)3/h20H,1,4-19H2,2-3H3. The Morgan fingerprint density at radius 3 is 1.48 bits per heavy atom. The highest BCUT2D eigenvalue weighted by atomic mass is 16.5. The van der Waals surface area contributed by atoms with Crippen LogP contribution in [-0.2, 0) is 4.74 Å². The summed E-state index contributed by atoms with van der Waals surface area (Å²) < 4.78 is 5.43. The van der Waals surface area contributed by atoms with Crippen LogP contribution in [0.15, 0.2) is 0 Å². The lowest BCUT2D eigenvalue weighted by Gasteiger charge is -2.05. The first-order valence-corrected chi connectivity index (χ1v) is 9.64. The van der Waals surface area contributed by atoms with Gasteiger partial charge in [0.05, 0.1) is 0 Å². The second kappa shape index (κ2) is 18.0. The number of hydrogen-bond acceptors (Lipinski definition) is 1. The van der Waals surface area contributed by atoms with Crippen LogP contribution in [0.3, 0.4) is 0 Å². The molecule has 21 heavy (non-hydrogen) atoms. The van der Waals surface area contributed by atoms with E-state index in [0.717, 1.165) is 25.6 Å². The number of hydrogen-bond donors (Lipinski definition) is 0. The highest BCUT2D eigenvalue weighted by molar-refractivity contribution is 4.50. The first-order valence-electron chi connectivity index (χ1n) is 9.64. The third-order valence-corrected chi connectivity index (χ3v) is 4.11. The zero-order valence-electron chi connectivity index (χ0n) is 15.0. The molecule has 0 aromatic carbocycles. The van der Waals surface area contributed by atoms with E-state index in [1.807, 2.05) is 0 Å². The zero-order chi connectivity index (χ0) is 15.6. The molecule has 0 rings (SSSR count). The molecule has 0 spiro atoms. The van der Waals surface area contributed by atoms with Gasteiger partial charge in [-0.15, -0.1) is 0 Å². The minimum absolute atomic E-state index is 0.831. The monoisotopic (exact) mass is 297 g/mol. The second-order valence-electron chi connectivity index (χ2n) is 6.89. The Morgan fingerprint density at radius 1 is 0.619 bits per heavy atom. The molecule has 0 aromatic heterocycles. The van der Waals surface area contributed by atoms with Gasteiger partial charge in [-0.2, -0.15) is 0 Å². The van der Waals surface area contributed by atoms with Crippen molar-refractivity contribution in [3.8, 4) is 0 Å². The van der Waals surface area contributed by atoms with Crippen molar-refractivity contribution in [2.75, 3.05) is 13.2 Å². The Morgan fingerprint density at radius 2 is 1.05 bits per heavy atom.